The maximum atomic E-state index is 12.5. The molecule has 1 aliphatic heterocycles. The van der Waals surface area contributed by atoms with Crippen LogP contribution in [0, 0.1) is 5.92 Å². The van der Waals surface area contributed by atoms with Gasteiger partial charge in [-0.25, -0.2) is 0 Å². The zero-order chi connectivity index (χ0) is 18.8. The highest BCUT2D eigenvalue weighted by atomic mass is 16.1. The fourth-order valence-corrected chi connectivity index (χ4v) is 3.62. The first-order valence-electron chi connectivity index (χ1n) is 9.54. The van der Waals surface area contributed by atoms with Crippen LogP contribution in [0.1, 0.15) is 25.5 Å². The number of carbonyl (C=O) groups is 1. The molecule has 0 unspecified atom stereocenters. The monoisotopic (exact) mass is 363 g/mol. The minimum atomic E-state index is 0.234. The van der Waals surface area contributed by atoms with Crippen molar-refractivity contribution in [3.05, 3.63) is 42.6 Å². The molecule has 140 valence electrons. The third-order valence-electron chi connectivity index (χ3n) is 5.31. The van der Waals surface area contributed by atoms with E-state index < -0.39 is 0 Å². The Morgan fingerprint density at radius 2 is 1.89 bits per heavy atom. The Labute approximate surface area is 159 Å². The Bertz CT molecular complexity index is 956. The van der Waals surface area contributed by atoms with Crippen molar-refractivity contribution < 1.29 is 4.79 Å². The zero-order valence-corrected chi connectivity index (χ0v) is 15.9. The van der Waals surface area contributed by atoms with Crippen molar-refractivity contribution in [2.24, 2.45) is 13.0 Å². The zero-order valence-electron chi connectivity index (χ0n) is 15.9. The van der Waals surface area contributed by atoms with E-state index in [1.807, 2.05) is 31.6 Å². The van der Waals surface area contributed by atoms with Crippen LogP contribution < -0.4 is 0 Å². The van der Waals surface area contributed by atoms with Crippen LogP contribution in [0.4, 0.5) is 0 Å². The predicted molar refractivity (Wildman–Crippen MR) is 105 cm³/mol. The normalized spacial score (nSPS) is 16.1. The van der Waals surface area contributed by atoms with E-state index in [1.165, 1.54) is 12.8 Å². The lowest BCUT2D eigenvalue weighted by molar-refractivity contribution is -0.119. The van der Waals surface area contributed by atoms with Gasteiger partial charge in [0, 0.05) is 42.3 Å². The highest BCUT2D eigenvalue weighted by molar-refractivity contribution is 5.87. The topological polar surface area (TPSA) is 63.9 Å². The smallest absolute Gasteiger partial charge is 0.152 e. The number of aromatic nitrogens is 4. The van der Waals surface area contributed by atoms with Gasteiger partial charge in [-0.15, -0.1) is 0 Å². The lowest BCUT2D eigenvalue weighted by atomic mass is 9.99. The highest BCUT2D eigenvalue weighted by Crippen LogP contribution is 2.22. The minimum Gasteiger partial charge on any atom is -0.298 e. The van der Waals surface area contributed by atoms with Crippen molar-refractivity contribution in [2.45, 2.75) is 26.2 Å². The van der Waals surface area contributed by atoms with E-state index in [2.05, 4.69) is 26.9 Å². The van der Waals surface area contributed by atoms with Crippen LogP contribution in [0.5, 0.6) is 0 Å². The average Bonchev–Trinajstić information content (AvgIpc) is 3.09. The maximum absolute atomic E-state index is 12.5. The van der Waals surface area contributed by atoms with E-state index in [9.17, 15) is 4.79 Å². The number of piperidine rings is 1. The molecule has 0 aromatic carbocycles. The summed E-state index contributed by atoms with van der Waals surface area (Å²) in [6, 6.07) is 4.04. The molecule has 0 saturated carbocycles. The summed E-state index contributed by atoms with van der Waals surface area (Å²) >= 11 is 0. The molecule has 4 heterocycles. The van der Waals surface area contributed by atoms with Crippen LogP contribution in [-0.4, -0.2) is 50.1 Å². The summed E-state index contributed by atoms with van der Waals surface area (Å²) in [5.41, 5.74) is 2.68. The Kier molecular flexibility index (Phi) is 4.99. The summed E-state index contributed by atoms with van der Waals surface area (Å²) in [7, 11) is 1.89. The van der Waals surface area contributed by atoms with E-state index >= 15 is 0 Å². The first-order chi connectivity index (χ1) is 13.1. The van der Waals surface area contributed by atoms with Crippen LogP contribution in [0.15, 0.2) is 36.9 Å². The number of fused-ring (bicyclic) bond motifs is 1. The molecule has 0 aliphatic carbocycles. The maximum Gasteiger partial charge on any atom is 0.152 e. The van der Waals surface area contributed by atoms with Gasteiger partial charge < -0.3 is 0 Å². The highest BCUT2D eigenvalue weighted by Gasteiger charge is 2.18. The van der Waals surface area contributed by atoms with Crippen LogP contribution in [-0.2, 0) is 18.3 Å². The fraction of sp³-hybridized carbons (Fsp3) is 0.429. The molecule has 6 nitrogen and oxygen atoms in total. The van der Waals surface area contributed by atoms with Crippen molar-refractivity contribution in [1.29, 1.82) is 0 Å². The first-order valence-corrected chi connectivity index (χ1v) is 9.54. The number of pyridine rings is 2. The third kappa shape index (κ3) is 4.22. The van der Waals surface area contributed by atoms with Crippen LogP contribution in [0.3, 0.4) is 0 Å². The van der Waals surface area contributed by atoms with Crippen molar-refractivity contribution in [3.63, 3.8) is 0 Å². The van der Waals surface area contributed by atoms with Gasteiger partial charge >= 0.3 is 0 Å². The molecule has 0 spiro atoms. The van der Waals surface area contributed by atoms with Gasteiger partial charge in [-0.05, 0) is 49.4 Å². The van der Waals surface area contributed by atoms with E-state index in [4.69, 9.17) is 0 Å². The van der Waals surface area contributed by atoms with E-state index in [0.717, 1.165) is 46.7 Å². The van der Waals surface area contributed by atoms with Gasteiger partial charge in [-0.1, -0.05) is 6.92 Å². The summed E-state index contributed by atoms with van der Waals surface area (Å²) in [5.74, 6) is 1.01. The second kappa shape index (κ2) is 7.56. The van der Waals surface area contributed by atoms with Gasteiger partial charge in [-0.2, -0.15) is 5.10 Å². The van der Waals surface area contributed by atoms with Crippen molar-refractivity contribution >= 4 is 16.6 Å². The van der Waals surface area contributed by atoms with Gasteiger partial charge in [0.25, 0.3) is 0 Å². The van der Waals surface area contributed by atoms with Crippen molar-refractivity contribution in [3.8, 4) is 11.3 Å². The lowest BCUT2D eigenvalue weighted by Crippen LogP contribution is -2.37. The van der Waals surface area contributed by atoms with Gasteiger partial charge in [0.05, 0.1) is 24.9 Å². The summed E-state index contributed by atoms with van der Waals surface area (Å²) in [6.45, 7) is 4.87. The minimum absolute atomic E-state index is 0.234. The molecule has 3 aromatic heterocycles. The van der Waals surface area contributed by atoms with Crippen LogP contribution >= 0.6 is 0 Å². The molecule has 1 aliphatic rings. The van der Waals surface area contributed by atoms with Gasteiger partial charge in [0.2, 0.25) is 0 Å². The molecule has 0 amide bonds. The number of aryl methyl sites for hydroxylation is 1. The number of nitrogens with zero attached hydrogens (tertiary/aromatic N) is 5. The van der Waals surface area contributed by atoms with Gasteiger partial charge in [0.1, 0.15) is 0 Å². The lowest BCUT2D eigenvalue weighted by Gasteiger charge is -2.29. The molecular weight excluding hydrogens is 338 g/mol. The summed E-state index contributed by atoms with van der Waals surface area (Å²) < 4.78 is 1.76. The average molecular weight is 363 g/mol. The van der Waals surface area contributed by atoms with E-state index in [-0.39, 0.29) is 5.78 Å². The Morgan fingerprint density at radius 1 is 1.11 bits per heavy atom. The van der Waals surface area contributed by atoms with E-state index in [0.29, 0.717) is 13.0 Å². The molecule has 3 aromatic rings. The summed E-state index contributed by atoms with van der Waals surface area (Å²) in [6.07, 6.45) is 10.1. The predicted octanol–water partition coefficient (Wildman–Crippen LogP) is 2.87. The summed E-state index contributed by atoms with van der Waals surface area (Å²) in [5, 5.41) is 6.23. The molecule has 0 bridgehead atoms. The first kappa shape index (κ1) is 17.8. The molecule has 1 fully saturated rings. The molecule has 6 heteroatoms. The second-order valence-corrected chi connectivity index (χ2v) is 7.67. The molecular formula is C21H25N5O. The molecule has 1 saturated heterocycles. The molecule has 27 heavy (non-hydrogen) atoms. The van der Waals surface area contributed by atoms with Gasteiger partial charge in [-0.3, -0.25) is 24.3 Å². The number of Topliss-reactive ketones (excluding diaryl/α,β-unsaturated/α-hetero) is 1. The SMILES string of the molecule is CC1CCN(CC(=O)Cc2cc3cc(-c4cnn(C)c4)ncc3cn2)CC1. The quantitative estimate of drug-likeness (QED) is 0.697. The number of hydrogen-bond donors (Lipinski definition) is 0. The van der Waals surface area contributed by atoms with Crippen LogP contribution in [0.25, 0.3) is 22.0 Å². The number of rotatable bonds is 5. The molecule has 0 atom stereocenters. The Morgan fingerprint density at radius 3 is 2.63 bits per heavy atom. The number of ketones is 1. The van der Waals surface area contributed by atoms with Crippen molar-refractivity contribution in [2.75, 3.05) is 19.6 Å². The second-order valence-electron chi connectivity index (χ2n) is 7.67. The standard InChI is InChI=1S/C21H25N5O/c1-15-3-5-26(6-4-15)14-20(27)9-19-7-16-8-21(18-12-24-25(2)13-18)23-11-17(16)10-22-19/h7-8,10-13,15H,3-6,9,14H2,1-2H3. The Balaban J connectivity index is 1.48. The number of likely N-dealkylation sites (tertiary alicyclic amines) is 1. The molecule has 0 N–H and O–H groups in total. The number of carbonyl (C=O) groups excluding carboxylic acids is 1. The molecule has 4 rings (SSSR count). The van der Waals surface area contributed by atoms with Crippen LogP contribution in [0.2, 0.25) is 0 Å². The van der Waals surface area contributed by atoms with Crippen molar-refractivity contribution in [1.82, 2.24) is 24.6 Å². The third-order valence-corrected chi connectivity index (χ3v) is 5.31. The van der Waals surface area contributed by atoms with E-state index in [1.54, 1.807) is 17.1 Å². The largest absolute Gasteiger partial charge is 0.298 e. The Hall–Kier alpha value is -2.60. The van der Waals surface area contributed by atoms with Gasteiger partial charge in [0.15, 0.2) is 5.78 Å². The molecule has 0 radical (unpaired) electrons. The summed E-state index contributed by atoms with van der Waals surface area (Å²) in [4.78, 5) is 23.7. The number of hydrogen-bond acceptors (Lipinski definition) is 5. The fourth-order valence-electron chi connectivity index (χ4n) is 3.62.